The third kappa shape index (κ3) is 3.40. The van der Waals surface area contributed by atoms with Crippen LogP contribution in [0.4, 0.5) is 0 Å². The number of carbonyl (C=O) groups is 1. The zero-order valence-corrected chi connectivity index (χ0v) is 10.2. The molecule has 0 aromatic carbocycles. The molecule has 2 rings (SSSR count). The molecule has 17 heavy (non-hydrogen) atoms. The molecule has 1 saturated heterocycles. The van der Waals surface area contributed by atoms with Gasteiger partial charge < -0.3 is 19.9 Å². The van der Waals surface area contributed by atoms with E-state index in [0.29, 0.717) is 18.6 Å². The summed E-state index contributed by atoms with van der Waals surface area (Å²) in [7, 11) is 0. The summed E-state index contributed by atoms with van der Waals surface area (Å²) in [5.41, 5.74) is 0. The van der Waals surface area contributed by atoms with E-state index in [2.05, 4.69) is 5.32 Å². The van der Waals surface area contributed by atoms with Crippen LogP contribution in [0.15, 0.2) is 0 Å². The number of hydrogen-bond donors (Lipinski definition) is 2. The summed E-state index contributed by atoms with van der Waals surface area (Å²) in [4.78, 5) is 10.7. The standard InChI is InChI=1S/C12H21NO4/c1-2-16-10-5-8(6-10)13-7-9-3-4-11(17-9)12(14)15/h8-11,13H,2-7H2,1H3,(H,14,15). The second-order valence-corrected chi connectivity index (χ2v) is 4.82. The molecule has 1 heterocycles. The van der Waals surface area contributed by atoms with Crippen molar-refractivity contribution in [3.8, 4) is 0 Å². The molecular formula is C12H21NO4. The van der Waals surface area contributed by atoms with Gasteiger partial charge in [-0.15, -0.1) is 0 Å². The van der Waals surface area contributed by atoms with E-state index in [1.54, 1.807) is 0 Å². The molecule has 0 aromatic heterocycles. The molecule has 0 aromatic rings. The Kier molecular flexibility index (Phi) is 4.36. The van der Waals surface area contributed by atoms with Crippen LogP contribution in [0.5, 0.6) is 0 Å². The highest BCUT2D eigenvalue weighted by Gasteiger charge is 2.33. The van der Waals surface area contributed by atoms with Crippen LogP contribution in [0, 0.1) is 0 Å². The number of carboxylic acid groups (broad SMARTS) is 1. The number of aliphatic carboxylic acids is 1. The molecule has 2 atom stereocenters. The second kappa shape index (κ2) is 5.80. The van der Waals surface area contributed by atoms with Gasteiger partial charge in [0.1, 0.15) is 0 Å². The topological polar surface area (TPSA) is 67.8 Å². The van der Waals surface area contributed by atoms with Gasteiger partial charge in [-0.05, 0) is 32.6 Å². The fraction of sp³-hybridized carbons (Fsp3) is 0.917. The van der Waals surface area contributed by atoms with Gasteiger partial charge >= 0.3 is 5.97 Å². The Hall–Kier alpha value is -0.650. The highest BCUT2D eigenvalue weighted by atomic mass is 16.5. The van der Waals surface area contributed by atoms with E-state index in [-0.39, 0.29) is 6.10 Å². The van der Waals surface area contributed by atoms with Crippen molar-refractivity contribution in [1.82, 2.24) is 5.32 Å². The first kappa shape index (κ1) is 12.8. The lowest BCUT2D eigenvalue weighted by Gasteiger charge is -2.36. The minimum atomic E-state index is -0.840. The van der Waals surface area contributed by atoms with Gasteiger partial charge in [0.2, 0.25) is 0 Å². The summed E-state index contributed by atoms with van der Waals surface area (Å²) in [6.07, 6.45) is 3.46. The lowest BCUT2D eigenvalue weighted by atomic mass is 9.89. The summed E-state index contributed by atoms with van der Waals surface area (Å²) in [6.45, 7) is 3.55. The van der Waals surface area contributed by atoms with Crippen LogP contribution < -0.4 is 5.32 Å². The zero-order chi connectivity index (χ0) is 12.3. The van der Waals surface area contributed by atoms with E-state index >= 15 is 0 Å². The molecule has 1 saturated carbocycles. The molecule has 2 unspecified atom stereocenters. The third-order valence-electron chi connectivity index (χ3n) is 3.51. The van der Waals surface area contributed by atoms with Crippen molar-refractivity contribution in [3.63, 3.8) is 0 Å². The van der Waals surface area contributed by atoms with E-state index < -0.39 is 12.1 Å². The number of ether oxygens (including phenoxy) is 2. The van der Waals surface area contributed by atoms with Gasteiger partial charge in [-0.2, -0.15) is 0 Å². The first-order chi connectivity index (χ1) is 8.19. The average Bonchev–Trinajstić information content (AvgIpc) is 2.70. The Bertz CT molecular complexity index is 265. The van der Waals surface area contributed by atoms with Crippen LogP contribution in [0.1, 0.15) is 32.6 Å². The molecular weight excluding hydrogens is 222 g/mol. The van der Waals surface area contributed by atoms with Gasteiger partial charge in [0.25, 0.3) is 0 Å². The Morgan fingerprint density at radius 2 is 2.24 bits per heavy atom. The first-order valence-corrected chi connectivity index (χ1v) is 6.42. The monoisotopic (exact) mass is 243 g/mol. The van der Waals surface area contributed by atoms with Crippen LogP contribution in [-0.2, 0) is 14.3 Å². The summed E-state index contributed by atoms with van der Waals surface area (Å²) in [5, 5.41) is 12.2. The maximum Gasteiger partial charge on any atom is 0.332 e. The van der Waals surface area contributed by atoms with Crippen molar-refractivity contribution < 1.29 is 19.4 Å². The highest BCUT2D eigenvalue weighted by Crippen LogP contribution is 2.24. The number of hydrogen-bond acceptors (Lipinski definition) is 4. The van der Waals surface area contributed by atoms with Gasteiger partial charge in [-0.3, -0.25) is 0 Å². The molecule has 0 amide bonds. The third-order valence-corrected chi connectivity index (χ3v) is 3.51. The lowest BCUT2D eigenvalue weighted by molar-refractivity contribution is -0.149. The largest absolute Gasteiger partial charge is 0.479 e. The first-order valence-electron chi connectivity index (χ1n) is 6.42. The maximum atomic E-state index is 10.7. The summed E-state index contributed by atoms with van der Waals surface area (Å²) < 4.78 is 10.9. The van der Waals surface area contributed by atoms with Gasteiger partial charge in [0.15, 0.2) is 6.10 Å². The summed E-state index contributed by atoms with van der Waals surface area (Å²) in [5.74, 6) is -0.840. The van der Waals surface area contributed by atoms with Gasteiger partial charge in [-0.1, -0.05) is 0 Å². The quantitative estimate of drug-likeness (QED) is 0.721. The normalized spacial score (nSPS) is 36.8. The van der Waals surface area contributed by atoms with E-state index in [4.69, 9.17) is 14.6 Å². The molecule has 0 radical (unpaired) electrons. The smallest absolute Gasteiger partial charge is 0.332 e. The number of carboxylic acids is 1. The second-order valence-electron chi connectivity index (χ2n) is 4.82. The lowest BCUT2D eigenvalue weighted by Crippen LogP contribution is -2.47. The molecule has 1 aliphatic heterocycles. The predicted molar refractivity (Wildman–Crippen MR) is 62.0 cm³/mol. The highest BCUT2D eigenvalue weighted by molar-refractivity contribution is 5.72. The number of rotatable bonds is 6. The van der Waals surface area contributed by atoms with Crippen molar-refractivity contribution in [1.29, 1.82) is 0 Å². The van der Waals surface area contributed by atoms with Crippen LogP contribution in [0.25, 0.3) is 0 Å². The SMILES string of the molecule is CCOC1CC(NCC2CCC(C(=O)O)O2)C1. The molecule has 0 bridgehead atoms. The van der Waals surface area contributed by atoms with Crippen LogP contribution in [-0.4, -0.2) is 48.6 Å². The van der Waals surface area contributed by atoms with Crippen molar-refractivity contribution in [2.75, 3.05) is 13.2 Å². The van der Waals surface area contributed by atoms with E-state index in [0.717, 1.165) is 32.4 Å². The molecule has 98 valence electrons. The Morgan fingerprint density at radius 3 is 2.82 bits per heavy atom. The summed E-state index contributed by atoms with van der Waals surface area (Å²) in [6, 6.07) is 0.513. The molecule has 2 fully saturated rings. The summed E-state index contributed by atoms with van der Waals surface area (Å²) >= 11 is 0. The Balaban J connectivity index is 1.57. The van der Waals surface area contributed by atoms with Crippen LogP contribution >= 0.6 is 0 Å². The minimum absolute atomic E-state index is 0.0576. The van der Waals surface area contributed by atoms with Crippen molar-refractivity contribution >= 4 is 5.97 Å². The fourth-order valence-corrected chi connectivity index (χ4v) is 2.44. The van der Waals surface area contributed by atoms with Crippen LogP contribution in [0.3, 0.4) is 0 Å². The zero-order valence-electron chi connectivity index (χ0n) is 10.2. The molecule has 5 heteroatoms. The molecule has 1 aliphatic carbocycles. The maximum absolute atomic E-state index is 10.7. The molecule has 0 spiro atoms. The minimum Gasteiger partial charge on any atom is -0.479 e. The van der Waals surface area contributed by atoms with E-state index in [9.17, 15) is 4.79 Å². The molecule has 5 nitrogen and oxygen atoms in total. The van der Waals surface area contributed by atoms with Gasteiger partial charge in [-0.25, -0.2) is 4.79 Å². The van der Waals surface area contributed by atoms with Crippen LogP contribution in [0.2, 0.25) is 0 Å². The molecule has 2 aliphatic rings. The van der Waals surface area contributed by atoms with Crippen molar-refractivity contribution in [3.05, 3.63) is 0 Å². The van der Waals surface area contributed by atoms with Crippen molar-refractivity contribution in [2.24, 2.45) is 0 Å². The predicted octanol–water partition coefficient (Wildman–Crippen LogP) is 0.776. The number of nitrogens with one attached hydrogen (secondary N) is 1. The van der Waals surface area contributed by atoms with Gasteiger partial charge in [0.05, 0.1) is 12.2 Å². The van der Waals surface area contributed by atoms with Crippen molar-refractivity contribution in [2.45, 2.75) is 57.0 Å². The fourth-order valence-electron chi connectivity index (χ4n) is 2.44. The van der Waals surface area contributed by atoms with E-state index in [1.165, 1.54) is 0 Å². The Morgan fingerprint density at radius 1 is 1.47 bits per heavy atom. The van der Waals surface area contributed by atoms with Gasteiger partial charge in [0, 0.05) is 19.2 Å². The Labute approximate surface area is 101 Å². The average molecular weight is 243 g/mol. The van der Waals surface area contributed by atoms with E-state index in [1.807, 2.05) is 6.92 Å². The molecule has 2 N–H and O–H groups in total.